The highest BCUT2D eigenvalue weighted by Crippen LogP contribution is 2.33. The molecule has 2 saturated heterocycles. The van der Waals surface area contributed by atoms with Gasteiger partial charge in [-0.05, 0) is 45.6 Å². The normalized spacial score (nSPS) is 22.2. The summed E-state index contributed by atoms with van der Waals surface area (Å²) in [6, 6.07) is 4.09. The third-order valence-corrected chi connectivity index (χ3v) is 6.44. The first-order valence-corrected chi connectivity index (χ1v) is 10.8. The van der Waals surface area contributed by atoms with E-state index in [0.717, 1.165) is 79.3 Å². The topological polar surface area (TPSA) is 95.5 Å². The van der Waals surface area contributed by atoms with Crippen LogP contribution in [0.5, 0.6) is 0 Å². The Hall–Kier alpha value is -2.87. The molecule has 0 unspecified atom stereocenters. The molecule has 1 amide bonds. The lowest BCUT2D eigenvalue weighted by molar-refractivity contribution is 0.0605. The van der Waals surface area contributed by atoms with Crippen LogP contribution >= 0.6 is 0 Å². The summed E-state index contributed by atoms with van der Waals surface area (Å²) in [7, 11) is 0. The van der Waals surface area contributed by atoms with E-state index in [-0.39, 0.29) is 18.0 Å². The molecule has 158 valence electrons. The quantitative estimate of drug-likeness (QED) is 0.696. The van der Waals surface area contributed by atoms with Gasteiger partial charge in [-0.1, -0.05) is 0 Å². The lowest BCUT2D eigenvalue weighted by atomic mass is 9.98. The smallest absolute Gasteiger partial charge is 0.256 e. The second kappa shape index (κ2) is 7.43. The Morgan fingerprint density at radius 2 is 2.10 bits per heavy atom. The Morgan fingerprint density at radius 3 is 2.83 bits per heavy atom. The van der Waals surface area contributed by atoms with Gasteiger partial charge < -0.3 is 20.5 Å². The van der Waals surface area contributed by atoms with Crippen LogP contribution in [0.3, 0.4) is 0 Å². The zero-order chi connectivity index (χ0) is 20.8. The number of fused-ring (bicyclic) bond motifs is 1. The maximum Gasteiger partial charge on any atom is 0.256 e. The van der Waals surface area contributed by atoms with E-state index in [2.05, 4.69) is 16.8 Å². The number of carbonyl (C=O) groups excluding carboxylic acids is 1. The van der Waals surface area contributed by atoms with E-state index < -0.39 is 0 Å². The Kier molecular flexibility index (Phi) is 4.73. The Balaban J connectivity index is 1.48. The van der Waals surface area contributed by atoms with E-state index in [0.29, 0.717) is 0 Å². The van der Waals surface area contributed by atoms with Gasteiger partial charge in [0.2, 0.25) is 0 Å². The van der Waals surface area contributed by atoms with E-state index in [1.807, 2.05) is 40.9 Å². The van der Waals surface area contributed by atoms with Crippen LogP contribution in [0.1, 0.15) is 59.0 Å². The molecule has 2 aliphatic rings. The monoisotopic (exact) mass is 407 g/mol. The van der Waals surface area contributed by atoms with Crippen LogP contribution in [0, 0.1) is 13.8 Å². The number of H-pyrrole nitrogens is 1. The largest absolute Gasteiger partial charge is 0.365 e. The summed E-state index contributed by atoms with van der Waals surface area (Å²) in [5, 5.41) is 4.83. The van der Waals surface area contributed by atoms with Gasteiger partial charge in [-0.25, -0.2) is 9.50 Å². The first-order chi connectivity index (χ1) is 14.5. The molecule has 5 heterocycles. The predicted octanol–water partition coefficient (Wildman–Crippen LogP) is 2.58. The van der Waals surface area contributed by atoms with Crippen molar-refractivity contribution < 1.29 is 4.79 Å². The number of likely N-dealkylation sites (tertiary alicyclic amines) is 1. The number of aromatic amines is 1. The molecule has 3 aromatic rings. The lowest BCUT2D eigenvalue weighted by Gasteiger charge is -2.34. The van der Waals surface area contributed by atoms with Crippen LogP contribution in [-0.2, 0) is 0 Å². The van der Waals surface area contributed by atoms with Crippen LogP contribution in [0.15, 0.2) is 24.5 Å². The fraction of sp³-hybridized carbons (Fsp3) is 0.500. The summed E-state index contributed by atoms with van der Waals surface area (Å²) in [5.41, 5.74) is 10.6. The highest BCUT2D eigenvalue weighted by atomic mass is 16.2. The van der Waals surface area contributed by atoms with E-state index in [1.165, 1.54) is 0 Å². The minimum absolute atomic E-state index is 0.0220. The number of nitrogens with one attached hydrogen (secondary N) is 1. The first-order valence-electron chi connectivity index (χ1n) is 10.8. The van der Waals surface area contributed by atoms with Crippen molar-refractivity contribution in [2.45, 2.75) is 51.6 Å². The fourth-order valence-electron chi connectivity index (χ4n) is 4.80. The Bertz CT molecular complexity index is 1080. The summed E-state index contributed by atoms with van der Waals surface area (Å²) >= 11 is 0. The molecule has 8 nitrogen and oxygen atoms in total. The third kappa shape index (κ3) is 3.25. The van der Waals surface area contributed by atoms with Crippen LogP contribution in [0.4, 0.5) is 5.82 Å². The van der Waals surface area contributed by atoms with Crippen molar-refractivity contribution in [2.24, 2.45) is 5.73 Å². The number of nitrogens with two attached hydrogens (primary N) is 1. The SMILES string of the molecule is Cc1cn2nc([C@@H]3CCCCN3C(=O)c3cc[nH]c3C)cc2nc1N1CC[C@H](N)C1. The summed E-state index contributed by atoms with van der Waals surface area (Å²) in [5.74, 6) is 1.06. The number of nitrogens with zero attached hydrogens (tertiary/aromatic N) is 5. The molecule has 3 aromatic heterocycles. The number of piperidine rings is 1. The summed E-state index contributed by atoms with van der Waals surface area (Å²) < 4.78 is 1.85. The standard InChI is InChI=1S/C22H29N7O/c1-14-12-29-20(25-21(14)27-10-7-16(23)13-27)11-18(26-29)19-5-3-4-9-28(19)22(30)17-6-8-24-15(17)2/h6,8,11-12,16,19,24H,3-5,7,9-10,13,23H2,1-2H3/t16-,19-/m0/s1. The molecule has 2 aliphatic heterocycles. The Labute approximate surface area is 176 Å². The molecular formula is C22H29N7O. The van der Waals surface area contributed by atoms with Crippen molar-refractivity contribution in [2.75, 3.05) is 24.5 Å². The second-order valence-electron chi connectivity index (χ2n) is 8.64. The lowest BCUT2D eigenvalue weighted by Crippen LogP contribution is -2.38. The predicted molar refractivity (Wildman–Crippen MR) is 116 cm³/mol. The van der Waals surface area contributed by atoms with Gasteiger partial charge in [0.1, 0.15) is 5.82 Å². The average Bonchev–Trinajstić information content (AvgIpc) is 3.46. The van der Waals surface area contributed by atoms with Gasteiger partial charge >= 0.3 is 0 Å². The Morgan fingerprint density at radius 1 is 1.23 bits per heavy atom. The van der Waals surface area contributed by atoms with Crippen molar-refractivity contribution >= 4 is 17.4 Å². The molecule has 30 heavy (non-hydrogen) atoms. The minimum Gasteiger partial charge on any atom is -0.365 e. The zero-order valence-electron chi connectivity index (χ0n) is 17.6. The fourth-order valence-corrected chi connectivity index (χ4v) is 4.80. The van der Waals surface area contributed by atoms with Gasteiger partial charge in [0, 0.05) is 55.4 Å². The summed E-state index contributed by atoms with van der Waals surface area (Å²) in [6.45, 7) is 6.54. The van der Waals surface area contributed by atoms with Crippen molar-refractivity contribution in [1.29, 1.82) is 0 Å². The molecule has 3 N–H and O–H groups in total. The number of hydrogen-bond acceptors (Lipinski definition) is 5. The third-order valence-electron chi connectivity index (χ3n) is 6.44. The maximum absolute atomic E-state index is 13.2. The van der Waals surface area contributed by atoms with Gasteiger partial charge in [0.25, 0.3) is 5.91 Å². The molecule has 0 spiro atoms. The molecule has 0 aliphatic carbocycles. The minimum atomic E-state index is -0.0220. The van der Waals surface area contributed by atoms with Gasteiger partial charge in [0.05, 0.1) is 17.3 Å². The van der Waals surface area contributed by atoms with Crippen LogP contribution in [0.25, 0.3) is 5.65 Å². The van der Waals surface area contributed by atoms with E-state index >= 15 is 0 Å². The van der Waals surface area contributed by atoms with Gasteiger partial charge in [0.15, 0.2) is 5.65 Å². The second-order valence-corrected chi connectivity index (χ2v) is 8.64. The number of anilines is 1. The van der Waals surface area contributed by atoms with Crippen LogP contribution in [-0.4, -0.2) is 56.1 Å². The van der Waals surface area contributed by atoms with E-state index in [9.17, 15) is 4.79 Å². The van der Waals surface area contributed by atoms with Gasteiger partial charge in [-0.3, -0.25) is 4.79 Å². The number of hydrogen-bond donors (Lipinski definition) is 2. The number of rotatable bonds is 3. The molecule has 2 atom stereocenters. The first kappa shape index (κ1) is 19.1. The van der Waals surface area contributed by atoms with Crippen molar-refractivity contribution in [3.63, 3.8) is 0 Å². The molecular weight excluding hydrogens is 378 g/mol. The molecule has 0 bridgehead atoms. The molecule has 2 fully saturated rings. The highest BCUT2D eigenvalue weighted by molar-refractivity contribution is 5.95. The number of aryl methyl sites for hydroxylation is 2. The molecule has 0 radical (unpaired) electrons. The summed E-state index contributed by atoms with van der Waals surface area (Å²) in [6.07, 6.45) is 7.90. The van der Waals surface area contributed by atoms with Gasteiger partial charge in [-0.2, -0.15) is 5.10 Å². The highest BCUT2D eigenvalue weighted by Gasteiger charge is 2.32. The van der Waals surface area contributed by atoms with Crippen LogP contribution < -0.4 is 10.6 Å². The summed E-state index contributed by atoms with van der Waals surface area (Å²) in [4.78, 5) is 25.5. The molecule has 0 aromatic carbocycles. The van der Waals surface area contributed by atoms with E-state index in [1.54, 1.807) is 0 Å². The average molecular weight is 408 g/mol. The maximum atomic E-state index is 13.2. The van der Waals surface area contributed by atoms with E-state index in [4.69, 9.17) is 15.8 Å². The van der Waals surface area contributed by atoms with Crippen LogP contribution in [0.2, 0.25) is 0 Å². The zero-order valence-corrected chi connectivity index (χ0v) is 17.6. The molecule has 5 rings (SSSR count). The van der Waals surface area contributed by atoms with Crippen molar-refractivity contribution in [1.82, 2.24) is 24.5 Å². The molecule has 0 saturated carbocycles. The number of carbonyl (C=O) groups is 1. The number of amides is 1. The number of aromatic nitrogens is 4. The molecule has 8 heteroatoms. The van der Waals surface area contributed by atoms with Crippen molar-refractivity contribution in [3.8, 4) is 0 Å². The van der Waals surface area contributed by atoms with Crippen molar-refractivity contribution in [3.05, 3.63) is 47.0 Å². The van der Waals surface area contributed by atoms with Gasteiger partial charge in [-0.15, -0.1) is 0 Å².